The van der Waals surface area contributed by atoms with Gasteiger partial charge in [-0.2, -0.15) is 0 Å². The van der Waals surface area contributed by atoms with Crippen LogP contribution in [-0.4, -0.2) is 56.9 Å². The molecule has 1 saturated heterocycles. The van der Waals surface area contributed by atoms with E-state index in [4.69, 9.17) is 9.84 Å². The van der Waals surface area contributed by atoms with Gasteiger partial charge >= 0.3 is 5.97 Å². The van der Waals surface area contributed by atoms with Crippen LogP contribution in [0.15, 0.2) is 48.6 Å². The molecule has 6 heteroatoms. The maximum Gasteiger partial charge on any atom is 0.303 e. The Balaban J connectivity index is 2.23. The molecule has 0 bridgehead atoms. The molecule has 0 unspecified atom stereocenters. The first-order valence-corrected chi connectivity index (χ1v) is 9.98. The molecule has 1 rings (SSSR count). The highest BCUT2D eigenvalue weighted by Crippen LogP contribution is 2.26. The largest absolute Gasteiger partial charge is 0.481 e. The Morgan fingerprint density at radius 2 is 1.71 bits per heavy atom. The summed E-state index contributed by atoms with van der Waals surface area (Å²) in [5.74, 6) is -0.783. The molecule has 0 spiro atoms. The molecule has 0 saturated carbocycles. The van der Waals surface area contributed by atoms with Gasteiger partial charge in [-0.3, -0.25) is 4.79 Å². The Labute approximate surface area is 167 Å². The third-order valence-electron chi connectivity index (χ3n) is 4.52. The van der Waals surface area contributed by atoms with Crippen molar-refractivity contribution in [1.29, 1.82) is 0 Å². The van der Waals surface area contributed by atoms with Gasteiger partial charge in [-0.1, -0.05) is 55.5 Å². The summed E-state index contributed by atoms with van der Waals surface area (Å²) < 4.78 is 5.75. The Hall–Kier alpha value is -1.73. The molecule has 1 heterocycles. The summed E-state index contributed by atoms with van der Waals surface area (Å²) >= 11 is 0. The van der Waals surface area contributed by atoms with Crippen LogP contribution in [0.2, 0.25) is 0 Å². The van der Waals surface area contributed by atoms with Crippen molar-refractivity contribution in [2.75, 3.05) is 0 Å². The molecular weight excluding hydrogens is 360 g/mol. The summed E-state index contributed by atoms with van der Waals surface area (Å²) in [5, 5.41) is 38.2. The highest BCUT2D eigenvalue weighted by Gasteiger charge is 2.36. The van der Waals surface area contributed by atoms with Crippen LogP contribution in [0.4, 0.5) is 0 Å². The fourth-order valence-electron chi connectivity index (χ4n) is 2.79. The number of allylic oxidation sites excluding steroid dienone is 5. The van der Waals surface area contributed by atoms with Crippen molar-refractivity contribution in [2.45, 2.75) is 82.4 Å². The molecule has 0 aliphatic carbocycles. The van der Waals surface area contributed by atoms with Crippen LogP contribution in [0.1, 0.15) is 51.9 Å². The van der Waals surface area contributed by atoms with Crippen LogP contribution in [0.5, 0.6) is 0 Å². The molecule has 5 atom stereocenters. The molecule has 0 amide bonds. The highest BCUT2D eigenvalue weighted by atomic mass is 16.5. The Morgan fingerprint density at radius 3 is 2.36 bits per heavy atom. The van der Waals surface area contributed by atoms with Crippen LogP contribution in [0.25, 0.3) is 0 Å². The van der Waals surface area contributed by atoms with E-state index in [1.54, 1.807) is 6.08 Å². The molecule has 1 fully saturated rings. The number of hydrogen-bond acceptors (Lipinski definition) is 5. The normalized spacial score (nSPS) is 25.5. The van der Waals surface area contributed by atoms with Gasteiger partial charge in [-0.15, -0.1) is 0 Å². The number of carbonyl (C=O) groups is 1. The zero-order chi connectivity index (χ0) is 20.8. The van der Waals surface area contributed by atoms with Gasteiger partial charge < -0.3 is 25.2 Å². The van der Waals surface area contributed by atoms with E-state index in [0.29, 0.717) is 25.7 Å². The van der Waals surface area contributed by atoms with Gasteiger partial charge in [0.2, 0.25) is 0 Å². The monoisotopic (exact) mass is 394 g/mol. The molecule has 0 aromatic carbocycles. The minimum atomic E-state index is -0.837. The quantitative estimate of drug-likeness (QED) is 0.358. The highest BCUT2D eigenvalue weighted by molar-refractivity contribution is 5.66. The molecule has 1 aliphatic heterocycles. The van der Waals surface area contributed by atoms with Crippen LogP contribution >= 0.6 is 0 Å². The van der Waals surface area contributed by atoms with Crippen molar-refractivity contribution in [2.24, 2.45) is 0 Å². The van der Waals surface area contributed by atoms with E-state index in [1.807, 2.05) is 43.4 Å². The molecule has 158 valence electrons. The molecular formula is C22H34O6. The van der Waals surface area contributed by atoms with Crippen LogP contribution in [0, 0.1) is 0 Å². The van der Waals surface area contributed by atoms with E-state index in [1.165, 1.54) is 6.08 Å². The smallest absolute Gasteiger partial charge is 0.303 e. The number of aliphatic hydroxyl groups is 3. The fraction of sp³-hybridized carbons (Fsp3) is 0.591. The third-order valence-corrected chi connectivity index (χ3v) is 4.52. The summed E-state index contributed by atoms with van der Waals surface area (Å²) in [6, 6.07) is 0. The topological polar surface area (TPSA) is 107 Å². The van der Waals surface area contributed by atoms with Crippen molar-refractivity contribution >= 4 is 5.97 Å². The van der Waals surface area contributed by atoms with E-state index in [9.17, 15) is 20.1 Å². The number of aliphatic hydroxyl groups excluding tert-OH is 3. The van der Waals surface area contributed by atoms with Crippen LogP contribution < -0.4 is 0 Å². The number of rotatable bonds is 13. The average Bonchev–Trinajstić information content (AvgIpc) is 3.04. The standard InChI is InChI=1S/C22H34O6/c1-2-17(23)14-15-18(24)21-16-19(25)20(28-21)12-10-8-6-4-3-5-7-9-11-13-22(26)27/h3-4,7-10,14-15,17-21,23-25H,2,5-6,11-13,16H2,1H3,(H,26,27)/b4-3-,9-7-,10-8-,15-14+/t17-,18+,19-,20-,21+/m0/s1. The lowest BCUT2D eigenvalue weighted by Crippen LogP contribution is -2.24. The minimum absolute atomic E-state index is 0.160. The molecule has 0 aromatic rings. The Morgan fingerprint density at radius 1 is 1.07 bits per heavy atom. The van der Waals surface area contributed by atoms with E-state index in [2.05, 4.69) is 0 Å². The Bertz CT molecular complexity index is 551. The van der Waals surface area contributed by atoms with Crippen molar-refractivity contribution in [1.82, 2.24) is 0 Å². The lowest BCUT2D eigenvalue weighted by Gasteiger charge is -2.16. The van der Waals surface area contributed by atoms with Crippen LogP contribution in [-0.2, 0) is 9.53 Å². The number of hydrogen-bond donors (Lipinski definition) is 4. The summed E-state index contributed by atoms with van der Waals surface area (Å²) in [6.45, 7) is 1.86. The van der Waals surface area contributed by atoms with E-state index < -0.39 is 30.4 Å². The van der Waals surface area contributed by atoms with Gasteiger partial charge in [0.05, 0.1) is 30.5 Å². The maximum absolute atomic E-state index is 10.4. The lowest BCUT2D eigenvalue weighted by molar-refractivity contribution is -0.136. The molecule has 6 nitrogen and oxygen atoms in total. The summed E-state index contributed by atoms with van der Waals surface area (Å²) in [4.78, 5) is 10.4. The van der Waals surface area contributed by atoms with Crippen molar-refractivity contribution in [3.63, 3.8) is 0 Å². The van der Waals surface area contributed by atoms with Crippen LogP contribution in [0.3, 0.4) is 0 Å². The minimum Gasteiger partial charge on any atom is -0.481 e. The van der Waals surface area contributed by atoms with Crippen molar-refractivity contribution in [3.05, 3.63) is 48.6 Å². The first kappa shape index (κ1) is 24.3. The second-order valence-electron chi connectivity index (χ2n) is 6.92. The first-order chi connectivity index (χ1) is 13.4. The van der Waals surface area contributed by atoms with Gasteiger partial charge in [0.1, 0.15) is 0 Å². The fourth-order valence-corrected chi connectivity index (χ4v) is 2.79. The van der Waals surface area contributed by atoms with Gasteiger partial charge in [0, 0.05) is 12.8 Å². The molecule has 0 radical (unpaired) electrons. The molecule has 1 aliphatic rings. The van der Waals surface area contributed by atoms with E-state index in [-0.39, 0.29) is 12.5 Å². The first-order valence-electron chi connectivity index (χ1n) is 9.98. The van der Waals surface area contributed by atoms with Crippen molar-refractivity contribution in [3.8, 4) is 0 Å². The second kappa shape index (κ2) is 14.3. The number of carboxylic acids is 1. The van der Waals surface area contributed by atoms with Gasteiger partial charge in [0.15, 0.2) is 0 Å². The predicted molar refractivity (Wildman–Crippen MR) is 109 cm³/mol. The number of aliphatic carboxylic acids is 1. The number of ether oxygens (including phenoxy) is 1. The van der Waals surface area contributed by atoms with Gasteiger partial charge in [-0.25, -0.2) is 0 Å². The second-order valence-corrected chi connectivity index (χ2v) is 6.92. The van der Waals surface area contributed by atoms with E-state index in [0.717, 1.165) is 12.8 Å². The average molecular weight is 395 g/mol. The summed E-state index contributed by atoms with van der Waals surface area (Å²) in [7, 11) is 0. The van der Waals surface area contributed by atoms with E-state index >= 15 is 0 Å². The zero-order valence-electron chi connectivity index (χ0n) is 16.6. The molecule has 28 heavy (non-hydrogen) atoms. The third kappa shape index (κ3) is 10.6. The lowest BCUT2D eigenvalue weighted by atomic mass is 10.0. The van der Waals surface area contributed by atoms with Gasteiger partial charge in [0.25, 0.3) is 0 Å². The predicted octanol–water partition coefficient (Wildman–Crippen LogP) is 2.90. The summed E-state index contributed by atoms with van der Waals surface area (Å²) in [6.07, 6.45) is 15.9. The zero-order valence-corrected chi connectivity index (χ0v) is 16.6. The van der Waals surface area contributed by atoms with Gasteiger partial charge in [-0.05, 0) is 32.1 Å². The molecule has 0 aromatic heterocycles. The van der Waals surface area contributed by atoms with Crippen molar-refractivity contribution < 1.29 is 30.0 Å². The summed E-state index contributed by atoms with van der Waals surface area (Å²) in [5.41, 5.74) is 0. The SMILES string of the molecule is CC[C@H](O)/C=C/[C@@H](O)[C@H]1C[C@H](O)[C@H](C/C=C\C/C=C\C/C=C\CCC(=O)O)O1. The Kier molecular flexibility index (Phi) is 12.4. The maximum atomic E-state index is 10.4. The number of carboxylic acid groups (broad SMARTS) is 1. The molecule has 4 N–H and O–H groups in total.